The van der Waals surface area contributed by atoms with Gasteiger partial charge in [0, 0.05) is 11.8 Å². The highest BCUT2D eigenvalue weighted by Gasteiger charge is 2.41. The summed E-state index contributed by atoms with van der Waals surface area (Å²) in [6.45, 7) is 8.47. The number of hydrogen-bond acceptors (Lipinski definition) is 0. The van der Waals surface area contributed by atoms with Crippen LogP contribution in [0.3, 0.4) is 0 Å². The molecule has 3 atom stereocenters. The van der Waals surface area contributed by atoms with Gasteiger partial charge in [-0.1, -0.05) is 13.8 Å². The second kappa shape index (κ2) is 2.23. The van der Waals surface area contributed by atoms with Crippen molar-refractivity contribution in [3.63, 3.8) is 0 Å². The molecule has 1 nitrogen and oxygen atoms in total. The molecule has 0 spiro atoms. The molecule has 3 unspecified atom stereocenters. The Hall–Kier alpha value is -0.0400. The van der Waals surface area contributed by atoms with E-state index >= 15 is 0 Å². The van der Waals surface area contributed by atoms with E-state index in [1.807, 2.05) is 0 Å². The Balaban J connectivity index is 2.71. The molecular weight excluding hydrogens is 122 g/mol. The minimum absolute atomic E-state index is 0.843. The summed E-state index contributed by atoms with van der Waals surface area (Å²) in [5, 5.41) is 0. The van der Waals surface area contributed by atoms with Crippen LogP contribution in [0.15, 0.2) is 0 Å². The van der Waals surface area contributed by atoms with E-state index in [2.05, 4.69) is 34.9 Å². The van der Waals surface area contributed by atoms with Gasteiger partial charge in [0.15, 0.2) is 0 Å². The van der Waals surface area contributed by atoms with Crippen molar-refractivity contribution in [2.75, 3.05) is 20.6 Å². The number of rotatable bonds is 0. The topological polar surface area (TPSA) is 0 Å². The molecule has 0 saturated carbocycles. The molecule has 1 aliphatic rings. The van der Waals surface area contributed by atoms with Crippen LogP contribution in [0.5, 0.6) is 0 Å². The van der Waals surface area contributed by atoms with E-state index in [-0.39, 0.29) is 0 Å². The first-order valence-electron chi connectivity index (χ1n) is 4.28. The average molecular weight is 142 g/mol. The number of hydrogen-bond donors (Lipinski definition) is 0. The van der Waals surface area contributed by atoms with E-state index in [0.717, 1.165) is 17.9 Å². The summed E-state index contributed by atoms with van der Waals surface area (Å²) in [5.74, 6) is 1.81. The Morgan fingerprint density at radius 2 is 1.60 bits per heavy atom. The number of nitrogens with zero attached hydrogens (tertiary/aromatic N) is 1. The molecule has 1 rings (SSSR count). The van der Waals surface area contributed by atoms with Gasteiger partial charge >= 0.3 is 0 Å². The second-order valence-corrected chi connectivity index (χ2v) is 4.54. The van der Waals surface area contributed by atoms with Crippen LogP contribution < -0.4 is 0 Å². The maximum Gasteiger partial charge on any atom is 0.0888 e. The first-order chi connectivity index (χ1) is 4.45. The average Bonchev–Trinajstić information content (AvgIpc) is 1.95. The van der Waals surface area contributed by atoms with Gasteiger partial charge in [0.25, 0.3) is 0 Å². The molecule has 0 N–H and O–H groups in total. The quantitative estimate of drug-likeness (QED) is 0.452. The van der Waals surface area contributed by atoms with Crippen LogP contribution in [-0.4, -0.2) is 31.2 Å². The Bertz CT molecular complexity index is 129. The van der Waals surface area contributed by atoms with Gasteiger partial charge in [-0.2, -0.15) is 0 Å². The van der Waals surface area contributed by atoms with Crippen LogP contribution in [0.4, 0.5) is 0 Å². The molecule has 0 radical (unpaired) electrons. The zero-order chi connectivity index (χ0) is 7.94. The summed E-state index contributed by atoms with van der Waals surface area (Å²) >= 11 is 0. The molecule has 0 amide bonds. The minimum Gasteiger partial charge on any atom is -0.326 e. The molecule has 1 saturated heterocycles. The lowest BCUT2D eigenvalue weighted by atomic mass is 9.95. The monoisotopic (exact) mass is 142 g/mol. The van der Waals surface area contributed by atoms with Crippen LogP contribution in [0.2, 0.25) is 0 Å². The standard InChI is InChI=1S/C9H20N/c1-7-6-10(4,5)9(3)8(7)2/h7-9H,6H2,1-5H3/q+1. The Morgan fingerprint density at radius 1 is 1.10 bits per heavy atom. The molecule has 10 heavy (non-hydrogen) atoms. The van der Waals surface area contributed by atoms with E-state index in [1.54, 1.807) is 0 Å². The zero-order valence-corrected chi connectivity index (χ0v) is 7.89. The molecule has 1 aliphatic heterocycles. The largest absolute Gasteiger partial charge is 0.326 e. The van der Waals surface area contributed by atoms with Crippen LogP contribution >= 0.6 is 0 Å². The van der Waals surface area contributed by atoms with E-state index < -0.39 is 0 Å². The lowest BCUT2D eigenvalue weighted by Gasteiger charge is -2.30. The van der Waals surface area contributed by atoms with Gasteiger partial charge in [0.2, 0.25) is 0 Å². The minimum atomic E-state index is 0.843. The van der Waals surface area contributed by atoms with Crippen LogP contribution in [0, 0.1) is 11.8 Å². The van der Waals surface area contributed by atoms with Crippen molar-refractivity contribution in [1.82, 2.24) is 0 Å². The van der Waals surface area contributed by atoms with Crippen molar-refractivity contribution < 1.29 is 4.48 Å². The Morgan fingerprint density at radius 3 is 1.70 bits per heavy atom. The third-order valence-corrected chi connectivity index (χ3v) is 3.52. The molecular formula is C9H20N+. The van der Waals surface area contributed by atoms with Crippen molar-refractivity contribution in [1.29, 1.82) is 0 Å². The smallest absolute Gasteiger partial charge is 0.0888 e. The molecule has 0 aliphatic carbocycles. The predicted octanol–water partition coefficient (Wildman–Crippen LogP) is 1.74. The molecule has 0 bridgehead atoms. The van der Waals surface area contributed by atoms with Crippen molar-refractivity contribution in [2.45, 2.75) is 26.8 Å². The molecule has 1 fully saturated rings. The third kappa shape index (κ3) is 1.07. The normalized spacial score (nSPS) is 45.9. The van der Waals surface area contributed by atoms with Gasteiger partial charge in [-0.25, -0.2) is 0 Å². The number of quaternary nitrogens is 1. The molecule has 1 heteroatoms. The van der Waals surface area contributed by atoms with Crippen molar-refractivity contribution in [2.24, 2.45) is 11.8 Å². The zero-order valence-electron chi connectivity index (χ0n) is 7.89. The summed E-state index contributed by atoms with van der Waals surface area (Å²) in [5.41, 5.74) is 0. The first kappa shape index (κ1) is 8.06. The fourth-order valence-corrected chi connectivity index (χ4v) is 2.19. The van der Waals surface area contributed by atoms with Crippen LogP contribution in [0.1, 0.15) is 20.8 Å². The Labute approximate surface area is 64.6 Å². The van der Waals surface area contributed by atoms with E-state index in [1.165, 1.54) is 11.0 Å². The van der Waals surface area contributed by atoms with Crippen molar-refractivity contribution in [3.05, 3.63) is 0 Å². The molecule has 0 aromatic rings. The van der Waals surface area contributed by atoms with Crippen LogP contribution in [0.25, 0.3) is 0 Å². The molecule has 60 valence electrons. The van der Waals surface area contributed by atoms with E-state index in [9.17, 15) is 0 Å². The number of likely N-dealkylation sites (tertiary alicyclic amines) is 1. The highest BCUT2D eigenvalue weighted by molar-refractivity contribution is 4.74. The molecule has 1 heterocycles. The van der Waals surface area contributed by atoms with Crippen molar-refractivity contribution >= 4 is 0 Å². The lowest BCUT2D eigenvalue weighted by molar-refractivity contribution is -0.903. The maximum absolute atomic E-state index is 2.38. The predicted molar refractivity (Wildman–Crippen MR) is 44.8 cm³/mol. The van der Waals surface area contributed by atoms with Crippen LogP contribution in [-0.2, 0) is 0 Å². The van der Waals surface area contributed by atoms with E-state index in [0.29, 0.717) is 0 Å². The van der Waals surface area contributed by atoms with Gasteiger partial charge in [0.1, 0.15) is 0 Å². The second-order valence-electron chi connectivity index (χ2n) is 4.54. The first-order valence-corrected chi connectivity index (χ1v) is 4.28. The van der Waals surface area contributed by atoms with Gasteiger partial charge in [0.05, 0.1) is 26.7 Å². The van der Waals surface area contributed by atoms with E-state index in [4.69, 9.17) is 0 Å². The van der Waals surface area contributed by atoms with Gasteiger partial charge < -0.3 is 4.48 Å². The Kier molecular flexibility index (Phi) is 1.80. The van der Waals surface area contributed by atoms with Gasteiger partial charge in [-0.15, -0.1) is 0 Å². The summed E-state index contributed by atoms with van der Waals surface area (Å²) in [7, 11) is 4.68. The fraction of sp³-hybridized carbons (Fsp3) is 1.00. The highest BCUT2D eigenvalue weighted by atomic mass is 15.4. The summed E-state index contributed by atoms with van der Waals surface area (Å²) < 4.78 is 1.21. The fourth-order valence-electron chi connectivity index (χ4n) is 2.19. The summed E-state index contributed by atoms with van der Waals surface area (Å²) in [6, 6.07) is 0.843. The maximum atomic E-state index is 2.38. The van der Waals surface area contributed by atoms with Gasteiger partial charge in [-0.3, -0.25) is 0 Å². The third-order valence-electron chi connectivity index (χ3n) is 3.52. The highest BCUT2D eigenvalue weighted by Crippen LogP contribution is 2.32. The summed E-state index contributed by atoms with van der Waals surface area (Å²) in [4.78, 5) is 0. The summed E-state index contributed by atoms with van der Waals surface area (Å²) in [6.07, 6.45) is 0. The SMILES string of the molecule is CC1C[N+](C)(C)C(C)C1C. The molecule has 0 aromatic heterocycles. The van der Waals surface area contributed by atoms with Gasteiger partial charge in [-0.05, 0) is 6.92 Å². The lowest BCUT2D eigenvalue weighted by Crippen LogP contribution is -2.43. The van der Waals surface area contributed by atoms with Crippen molar-refractivity contribution in [3.8, 4) is 0 Å². The molecule has 0 aromatic carbocycles.